The molecule has 1 heterocycles. The first-order valence-corrected chi connectivity index (χ1v) is 6.25. The molecule has 0 aliphatic heterocycles. The Labute approximate surface area is 98.2 Å². The minimum Gasteiger partial charge on any atom is -0.312 e. The van der Waals surface area contributed by atoms with Gasteiger partial charge in [-0.1, -0.05) is 20.8 Å². The van der Waals surface area contributed by atoms with Gasteiger partial charge in [0.2, 0.25) is 0 Å². The second-order valence-electron chi connectivity index (χ2n) is 5.65. The highest BCUT2D eigenvalue weighted by Gasteiger charge is 2.44. The first kappa shape index (κ1) is 11.6. The molecule has 2 rings (SSSR count). The number of nitrogens with zero attached hydrogens (tertiary/aromatic N) is 2. The summed E-state index contributed by atoms with van der Waals surface area (Å²) in [6, 6.07) is 0. The van der Waals surface area contributed by atoms with Crippen LogP contribution >= 0.6 is 0 Å². The van der Waals surface area contributed by atoms with Gasteiger partial charge in [0.15, 0.2) is 0 Å². The van der Waals surface area contributed by atoms with Gasteiger partial charge in [-0.05, 0) is 30.7 Å². The molecule has 1 aromatic rings. The van der Waals surface area contributed by atoms with E-state index < -0.39 is 0 Å². The lowest BCUT2D eigenvalue weighted by atomic mass is 10.1. The van der Waals surface area contributed by atoms with Crippen LogP contribution in [-0.2, 0) is 20.0 Å². The van der Waals surface area contributed by atoms with E-state index in [-0.39, 0.29) is 0 Å². The van der Waals surface area contributed by atoms with Gasteiger partial charge in [0.25, 0.3) is 0 Å². The van der Waals surface area contributed by atoms with Crippen molar-refractivity contribution in [1.29, 1.82) is 0 Å². The van der Waals surface area contributed by atoms with Crippen molar-refractivity contribution in [3.63, 3.8) is 0 Å². The van der Waals surface area contributed by atoms with Crippen molar-refractivity contribution >= 4 is 0 Å². The third-order valence-corrected chi connectivity index (χ3v) is 3.75. The van der Waals surface area contributed by atoms with E-state index in [0.29, 0.717) is 5.41 Å². The molecule has 1 atom stereocenters. The van der Waals surface area contributed by atoms with Gasteiger partial charge in [0.05, 0.1) is 5.69 Å². The van der Waals surface area contributed by atoms with Crippen LogP contribution < -0.4 is 5.32 Å². The zero-order chi connectivity index (χ0) is 11.8. The summed E-state index contributed by atoms with van der Waals surface area (Å²) in [5, 5.41) is 8.00. The maximum Gasteiger partial charge on any atom is 0.0666 e. The van der Waals surface area contributed by atoms with E-state index in [2.05, 4.69) is 37.4 Å². The Bertz CT molecular complexity index is 365. The van der Waals surface area contributed by atoms with Gasteiger partial charge in [-0.2, -0.15) is 5.10 Å². The van der Waals surface area contributed by atoms with Crippen LogP contribution in [0.1, 0.15) is 38.4 Å². The smallest absolute Gasteiger partial charge is 0.0666 e. The normalized spacial score (nSPS) is 22.4. The van der Waals surface area contributed by atoms with E-state index in [1.165, 1.54) is 17.7 Å². The predicted octanol–water partition coefficient (Wildman–Crippen LogP) is 2.12. The average molecular weight is 221 g/mol. The summed E-state index contributed by atoms with van der Waals surface area (Å²) in [6.45, 7) is 8.96. The second-order valence-corrected chi connectivity index (χ2v) is 5.65. The maximum atomic E-state index is 4.45. The van der Waals surface area contributed by atoms with Crippen molar-refractivity contribution in [2.24, 2.45) is 18.4 Å². The van der Waals surface area contributed by atoms with Gasteiger partial charge in [-0.3, -0.25) is 4.68 Å². The van der Waals surface area contributed by atoms with Gasteiger partial charge >= 0.3 is 0 Å². The van der Waals surface area contributed by atoms with E-state index in [4.69, 9.17) is 0 Å². The Morgan fingerprint density at radius 2 is 2.25 bits per heavy atom. The number of hydrogen-bond acceptors (Lipinski definition) is 2. The molecule has 1 aliphatic carbocycles. The Kier molecular flexibility index (Phi) is 3.06. The van der Waals surface area contributed by atoms with E-state index in [1.807, 2.05) is 11.7 Å². The van der Waals surface area contributed by atoms with Crippen LogP contribution in [0.15, 0.2) is 6.20 Å². The zero-order valence-corrected chi connectivity index (χ0v) is 10.9. The van der Waals surface area contributed by atoms with Gasteiger partial charge in [0.1, 0.15) is 0 Å². The summed E-state index contributed by atoms with van der Waals surface area (Å²) >= 11 is 0. The molecule has 1 saturated carbocycles. The van der Waals surface area contributed by atoms with Crippen molar-refractivity contribution in [3.8, 4) is 0 Å². The number of rotatable bonds is 5. The minimum atomic E-state index is 0.579. The predicted molar refractivity (Wildman–Crippen MR) is 66.2 cm³/mol. The molecule has 0 bridgehead atoms. The van der Waals surface area contributed by atoms with Crippen molar-refractivity contribution in [1.82, 2.24) is 15.1 Å². The van der Waals surface area contributed by atoms with Crippen LogP contribution in [0.3, 0.4) is 0 Å². The fourth-order valence-corrected chi connectivity index (χ4v) is 2.33. The Morgan fingerprint density at radius 3 is 2.81 bits per heavy atom. The fourth-order valence-electron chi connectivity index (χ4n) is 2.33. The molecule has 0 aromatic carbocycles. The van der Waals surface area contributed by atoms with Gasteiger partial charge in [0, 0.05) is 25.4 Å². The van der Waals surface area contributed by atoms with E-state index in [1.54, 1.807) is 0 Å². The lowest BCUT2D eigenvalue weighted by molar-refractivity contribution is 0.519. The largest absolute Gasteiger partial charge is 0.312 e. The molecular weight excluding hydrogens is 198 g/mol. The molecule has 0 amide bonds. The molecule has 1 N–H and O–H groups in total. The third kappa shape index (κ3) is 2.46. The quantitative estimate of drug-likeness (QED) is 0.825. The van der Waals surface area contributed by atoms with Gasteiger partial charge < -0.3 is 5.32 Å². The summed E-state index contributed by atoms with van der Waals surface area (Å²) < 4.78 is 1.91. The molecule has 3 nitrogen and oxygen atoms in total. The first-order valence-electron chi connectivity index (χ1n) is 6.25. The van der Waals surface area contributed by atoms with Crippen molar-refractivity contribution in [2.75, 3.05) is 6.54 Å². The molecule has 1 fully saturated rings. The van der Waals surface area contributed by atoms with Crippen LogP contribution in [0.25, 0.3) is 0 Å². The summed E-state index contributed by atoms with van der Waals surface area (Å²) in [5.41, 5.74) is 3.16. The van der Waals surface area contributed by atoms with Crippen LogP contribution in [0, 0.1) is 11.3 Å². The van der Waals surface area contributed by atoms with Crippen molar-refractivity contribution in [3.05, 3.63) is 17.5 Å². The molecule has 0 spiro atoms. The van der Waals surface area contributed by atoms with E-state index in [9.17, 15) is 0 Å². The van der Waals surface area contributed by atoms with Crippen molar-refractivity contribution in [2.45, 2.75) is 40.2 Å². The molecule has 1 aromatic heterocycles. The van der Waals surface area contributed by atoms with Crippen LogP contribution in [0.5, 0.6) is 0 Å². The highest BCUT2D eigenvalue weighted by Crippen LogP contribution is 2.50. The Balaban J connectivity index is 1.81. The number of hydrogen-bond donors (Lipinski definition) is 1. The highest BCUT2D eigenvalue weighted by atomic mass is 15.3. The van der Waals surface area contributed by atoms with Crippen LogP contribution in [0.4, 0.5) is 0 Å². The standard InChI is InChI=1S/C13H23N3/c1-5-12-10(9-16(4)15-12)7-14-8-11-6-13(11,2)3/h9,11,14H,5-8H2,1-4H3. The fraction of sp³-hybridized carbons (Fsp3) is 0.769. The van der Waals surface area contributed by atoms with Crippen LogP contribution in [-0.4, -0.2) is 16.3 Å². The van der Waals surface area contributed by atoms with Crippen molar-refractivity contribution < 1.29 is 0 Å². The lowest BCUT2D eigenvalue weighted by Gasteiger charge is -2.05. The highest BCUT2D eigenvalue weighted by molar-refractivity contribution is 5.16. The molecule has 1 unspecified atom stereocenters. The summed E-state index contributed by atoms with van der Waals surface area (Å²) in [4.78, 5) is 0. The molecule has 0 saturated heterocycles. The zero-order valence-electron chi connectivity index (χ0n) is 10.9. The topological polar surface area (TPSA) is 29.9 Å². The first-order chi connectivity index (χ1) is 7.53. The Hall–Kier alpha value is -0.830. The summed E-state index contributed by atoms with van der Waals surface area (Å²) in [6.07, 6.45) is 4.52. The summed E-state index contributed by atoms with van der Waals surface area (Å²) in [5.74, 6) is 0.870. The van der Waals surface area contributed by atoms with E-state index >= 15 is 0 Å². The monoisotopic (exact) mass is 221 g/mol. The molecule has 0 radical (unpaired) electrons. The average Bonchev–Trinajstić information content (AvgIpc) is 2.67. The molecule has 3 heteroatoms. The maximum absolute atomic E-state index is 4.45. The van der Waals surface area contributed by atoms with Gasteiger partial charge in [-0.15, -0.1) is 0 Å². The SMILES string of the molecule is CCc1nn(C)cc1CNCC1CC1(C)C. The summed E-state index contributed by atoms with van der Waals surface area (Å²) in [7, 11) is 1.99. The number of aryl methyl sites for hydroxylation is 2. The number of nitrogens with one attached hydrogen (secondary N) is 1. The molecule has 16 heavy (non-hydrogen) atoms. The minimum absolute atomic E-state index is 0.579. The molecule has 90 valence electrons. The number of aromatic nitrogens is 2. The lowest BCUT2D eigenvalue weighted by Crippen LogP contribution is -2.18. The van der Waals surface area contributed by atoms with E-state index in [0.717, 1.165) is 25.4 Å². The third-order valence-electron chi connectivity index (χ3n) is 3.75. The van der Waals surface area contributed by atoms with Gasteiger partial charge in [-0.25, -0.2) is 0 Å². The van der Waals surface area contributed by atoms with Crippen LogP contribution in [0.2, 0.25) is 0 Å². The molecule has 1 aliphatic rings. The second kappa shape index (κ2) is 4.21. The Morgan fingerprint density at radius 1 is 1.56 bits per heavy atom. The molecular formula is C13H23N3.